The SMILES string of the molecule is COCOc1cc(C(=O)O[C@H]2Cc3ccccc3C[C@H]2OC(=O)c2cc(OCOC)c(Br)c(OCOC)c2)cc(OCOC)c1Br. The van der Waals surface area contributed by atoms with E-state index in [9.17, 15) is 9.59 Å². The van der Waals surface area contributed by atoms with Crippen molar-refractivity contribution in [3.8, 4) is 23.0 Å². The first-order valence-corrected chi connectivity index (χ1v) is 15.5. The first-order valence-electron chi connectivity index (χ1n) is 13.9. The average molecular weight is 770 g/mol. The lowest BCUT2D eigenvalue weighted by Gasteiger charge is -2.32. The molecule has 0 aliphatic heterocycles. The van der Waals surface area contributed by atoms with Crippen LogP contribution in [0.2, 0.25) is 0 Å². The second-order valence-corrected chi connectivity index (χ2v) is 11.4. The summed E-state index contributed by atoms with van der Waals surface area (Å²) in [5, 5.41) is 0. The Hall–Kier alpha value is -3.40. The van der Waals surface area contributed by atoms with Gasteiger partial charge < -0.3 is 47.4 Å². The van der Waals surface area contributed by atoms with Crippen LogP contribution in [0.1, 0.15) is 31.8 Å². The Labute approximate surface area is 283 Å². The summed E-state index contributed by atoms with van der Waals surface area (Å²) in [5.41, 5.74) is 2.26. The molecule has 3 aromatic rings. The molecule has 0 spiro atoms. The minimum absolute atomic E-state index is 0.0647. The Bertz CT molecular complexity index is 1330. The monoisotopic (exact) mass is 768 g/mol. The van der Waals surface area contributed by atoms with E-state index in [1.807, 2.05) is 24.3 Å². The molecule has 0 N–H and O–H groups in total. The fraction of sp³-hybridized carbons (Fsp3) is 0.375. The van der Waals surface area contributed by atoms with Gasteiger partial charge in [0.2, 0.25) is 0 Å². The van der Waals surface area contributed by atoms with E-state index in [0.29, 0.717) is 44.8 Å². The van der Waals surface area contributed by atoms with Crippen molar-refractivity contribution in [2.24, 2.45) is 0 Å². The third-order valence-electron chi connectivity index (χ3n) is 6.70. The zero-order valence-corrected chi connectivity index (χ0v) is 28.8. The van der Waals surface area contributed by atoms with Gasteiger partial charge in [-0.05, 0) is 67.3 Å². The molecular formula is C32H34Br2O12. The van der Waals surface area contributed by atoms with E-state index in [-0.39, 0.29) is 38.3 Å². The van der Waals surface area contributed by atoms with Crippen LogP contribution in [0.5, 0.6) is 23.0 Å². The van der Waals surface area contributed by atoms with Crippen molar-refractivity contribution < 1.29 is 57.0 Å². The lowest BCUT2D eigenvalue weighted by atomic mass is 9.87. The summed E-state index contributed by atoms with van der Waals surface area (Å²) >= 11 is 6.87. The molecule has 0 amide bonds. The van der Waals surface area contributed by atoms with Gasteiger partial charge in [0.1, 0.15) is 44.2 Å². The standard InChI is InChI=1S/C32H34Br2O12/c1-37-15-41-25-11-21(12-26(29(25)33)42-16-38-2)31(35)45-23-9-19-7-5-6-8-20(19)10-24(23)46-32(36)22-13-27(43-17-39-3)30(34)28(14-22)44-18-40-4/h5-8,11-14,23-24H,9-10,15-18H2,1-4H3/t23-,24+. The van der Waals surface area contributed by atoms with Crippen LogP contribution in [0.3, 0.4) is 0 Å². The van der Waals surface area contributed by atoms with Gasteiger partial charge in [0.25, 0.3) is 0 Å². The van der Waals surface area contributed by atoms with Gasteiger partial charge in [0, 0.05) is 41.3 Å². The molecule has 1 aliphatic rings. The third-order valence-corrected chi connectivity index (χ3v) is 8.27. The summed E-state index contributed by atoms with van der Waals surface area (Å²) in [6, 6.07) is 13.7. The largest absolute Gasteiger partial charge is 0.466 e. The van der Waals surface area contributed by atoms with E-state index in [0.717, 1.165) is 11.1 Å². The molecule has 0 unspecified atom stereocenters. The third kappa shape index (κ3) is 9.11. The molecule has 0 radical (unpaired) electrons. The second-order valence-electron chi connectivity index (χ2n) is 9.84. The van der Waals surface area contributed by atoms with Crippen LogP contribution in [-0.2, 0) is 41.3 Å². The molecule has 4 rings (SSSR count). The molecule has 0 heterocycles. The molecule has 12 nitrogen and oxygen atoms in total. The zero-order valence-electron chi connectivity index (χ0n) is 25.7. The van der Waals surface area contributed by atoms with Gasteiger partial charge in [-0.2, -0.15) is 0 Å². The predicted octanol–water partition coefficient (Wildman–Crippen LogP) is 5.69. The number of hydrogen-bond donors (Lipinski definition) is 0. The first kappa shape index (κ1) is 35.5. The molecule has 0 fully saturated rings. The van der Waals surface area contributed by atoms with Crippen LogP contribution in [-0.4, -0.2) is 79.8 Å². The number of halogens is 2. The summed E-state index contributed by atoms with van der Waals surface area (Å²) in [7, 11) is 5.91. The van der Waals surface area contributed by atoms with E-state index in [1.54, 1.807) is 0 Å². The Morgan fingerprint density at radius 1 is 0.587 bits per heavy atom. The highest BCUT2D eigenvalue weighted by Gasteiger charge is 2.35. The second kappa shape index (κ2) is 17.5. The van der Waals surface area contributed by atoms with Crippen molar-refractivity contribution >= 4 is 43.8 Å². The molecule has 46 heavy (non-hydrogen) atoms. The number of benzene rings is 3. The van der Waals surface area contributed by atoms with E-state index in [2.05, 4.69) is 31.9 Å². The first-order chi connectivity index (χ1) is 22.3. The number of fused-ring (bicyclic) bond motifs is 1. The van der Waals surface area contributed by atoms with E-state index < -0.39 is 24.1 Å². The van der Waals surface area contributed by atoms with Crippen molar-refractivity contribution in [2.75, 3.05) is 55.6 Å². The molecule has 3 aromatic carbocycles. The Morgan fingerprint density at radius 3 is 1.17 bits per heavy atom. The number of carbonyl (C=O) groups is 2. The van der Waals surface area contributed by atoms with E-state index in [1.165, 1.54) is 52.7 Å². The summed E-state index contributed by atoms with van der Waals surface area (Å²) in [5.74, 6) is -0.145. The Balaban J connectivity index is 1.62. The van der Waals surface area contributed by atoms with Gasteiger partial charge in [0.05, 0.1) is 11.1 Å². The molecule has 0 bridgehead atoms. The lowest BCUT2D eigenvalue weighted by molar-refractivity contribution is -0.0390. The van der Waals surface area contributed by atoms with Crippen LogP contribution in [0, 0.1) is 0 Å². The molecule has 2 atom stereocenters. The maximum atomic E-state index is 13.6. The zero-order chi connectivity index (χ0) is 33.1. The van der Waals surface area contributed by atoms with Crippen molar-refractivity contribution in [1.82, 2.24) is 0 Å². The molecular weight excluding hydrogens is 736 g/mol. The maximum absolute atomic E-state index is 13.6. The highest BCUT2D eigenvalue weighted by molar-refractivity contribution is 9.11. The Morgan fingerprint density at radius 2 is 0.891 bits per heavy atom. The minimum Gasteiger partial charge on any atom is -0.466 e. The number of rotatable bonds is 16. The quantitative estimate of drug-likeness (QED) is 0.131. The summed E-state index contributed by atoms with van der Waals surface area (Å²) < 4.78 is 55.6. The predicted molar refractivity (Wildman–Crippen MR) is 171 cm³/mol. The summed E-state index contributed by atoms with van der Waals surface area (Å²) in [6.45, 7) is -0.259. The fourth-order valence-electron chi connectivity index (χ4n) is 4.59. The van der Waals surface area contributed by atoms with Gasteiger partial charge in [-0.15, -0.1) is 0 Å². The van der Waals surface area contributed by atoms with Gasteiger partial charge in [0.15, 0.2) is 27.2 Å². The van der Waals surface area contributed by atoms with Crippen LogP contribution >= 0.6 is 31.9 Å². The maximum Gasteiger partial charge on any atom is 0.338 e. The van der Waals surface area contributed by atoms with Gasteiger partial charge in [-0.25, -0.2) is 9.59 Å². The normalized spacial score (nSPS) is 15.4. The van der Waals surface area contributed by atoms with Gasteiger partial charge in [-0.3, -0.25) is 0 Å². The van der Waals surface area contributed by atoms with Crippen LogP contribution < -0.4 is 18.9 Å². The Kier molecular flexibility index (Phi) is 13.5. The van der Waals surface area contributed by atoms with E-state index >= 15 is 0 Å². The molecule has 0 aromatic heterocycles. The highest BCUT2D eigenvalue weighted by Crippen LogP contribution is 2.38. The van der Waals surface area contributed by atoms with Crippen molar-refractivity contribution in [3.05, 3.63) is 79.7 Å². The van der Waals surface area contributed by atoms with Gasteiger partial charge in [-0.1, -0.05) is 24.3 Å². The number of hydrogen-bond acceptors (Lipinski definition) is 12. The van der Waals surface area contributed by atoms with Crippen LogP contribution in [0.4, 0.5) is 0 Å². The molecule has 248 valence electrons. The molecule has 14 heteroatoms. The van der Waals surface area contributed by atoms with Crippen molar-refractivity contribution in [3.63, 3.8) is 0 Å². The van der Waals surface area contributed by atoms with Crippen LogP contribution in [0.25, 0.3) is 0 Å². The highest BCUT2D eigenvalue weighted by atomic mass is 79.9. The fourth-order valence-corrected chi connectivity index (χ4v) is 5.50. The molecule has 1 aliphatic carbocycles. The topological polar surface area (TPSA) is 126 Å². The van der Waals surface area contributed by atoms with Gasteiger partial charge >= 0.3 is 11.9 Å². The molecule has 0 saturated carbocycles. The minimum atomic E-state index is -0.814. The summed E-state index contributed by atoms with van der Waals surface area (Å²) in [6.07, 6.45) is -0.987. The smallest absolute Gasteiger partial charge is 0.338 e. The molecule has 0 saturated heterocycles. The van der Waals surface area contributed by atoms with Crippen molar-refractivity contribution in [1.29, 1.82) is 0 Å². The number of carbonyl (C=O) groups excluding carboxylic acids is 2. The summed E-state index contributed by atoms with van der Waals surface area (Å²) in [4.78, 5) is 27.2. The van der Waals surface area contributed by atoms with Crippen LogP contribution in [0.15, 0.2) is 57.5 Å². The number of ether oxygens (including phenoxy) is 10. The lowest BCUT2D eigenvalue weighted by Crippen LogP contribution is -2.41. The van der Waals surface area contributed by atoms with Crippen molar-refractivity contribution in [2.45, 2.75) is 25.0 Å². The average Bonchev–Trinajstić information content (AvgIpc) is 3.06. The number of methoxy groups -OCH3 is 4. The van der Waals surface area contributed by atoms with E-state index in [4.69, 9.17) is 47.4 Å². The number of esters is 2.